The topological polar surface area (TPSA) is 60.2 Å². The SMILES string of the molecule is COc1ccc2oc(Nc3nc4ccc(C)cc4s3)nc2c1. The first-order chi connectivity index (χ1) is 10.7. The second-order valence-electron chi connectivity index (χ2n) is 4.97. The number of methoxy groups -OCH3 is 1. The molecule has 0 saturated heterocycles. The van der Waals surface area contributed by atoms with Crippen LogP contribution in [0.2, 0.25) is 0 Å². The van der Waals surface area contributed by atoms with Crippen LogP contribution in [-0.2, 0) is 0 Å². The molecule has 0 unspecified atom stereocenters. The van der Waals surface area contributed by atoms with Gasteiger partial charge in [0.25, 0.3) is 0 Å². The van der Waals surface area contributed by atoms with Gasteiger partial charge >= 0.3 is 6.01 Å². The zero-order valence-corrected chi connectivity index (χ0v) is 12.9. The quantitative estimate of drug-likeness (QED) is 0.603. The van der Waals surface area contributed by atoms with Crippen LogP contribution in [0.15, 0.2) is 40.8 Å². The number of benzene rings is 2. The van der Waals surface area contributed by atoms with Crippen LogP contribution in [0.1, 0.15) is 5.56 Å². The Morgan fingerprint density at radius 1 is 1.09 bits per heavy atom. The lowest BCUT2D eigenvalue weighted by Crippen LogP contribution is -1.88. The van der Waals surface area contributed by atoms with Gasteiger partial charge in [0, 0.05) is 6.07 Å². The predicted octanol–water partition coefficient (Wildman–Crippen LogP) is 4.50. The molecule has 0 aliphatic rings. The number of rotatable bonds is 3. The van der Waals surface area contributed by atoms with Gasteiger partial charge in [-0.1, -0.05) is 17.4 Å². The highest BCUT2D eigenvalue weighted by Gasteiger charge is 2.10. The molecule has 0 aliphatic heterocycles. The summed E-state index contributed by atoms with van der Waals surface area (Å²) in [5.41, 5.74) is 3.64. The molecular weight excluding hydrogens is 298 g/mol. The Kier molecular flexibility index (Phi) is 2.97. The van der Waals surface area contributed by atoms with Crippen molar-refractivity contribution in [2.24, 2.45) is 0 Å². The molecule has 2 aromatic heterocycles. The van der Waals surface area contributed by atoms with E-state index < -0.39 is 0 Å². The van der Waals surface area contributed by atoms with Gasteiger partial charge in [-0.05, 0) is 36.8 Å². The van der Waals surface area contributed by atoms with Gasteiger partial charge in [-0.15, -0.1) is 0 Å². The maximum absolute atomic E-state index is 5.68. The second-order valence-corrected chi connectivity index (χ2v) is 6.00. The molecule has 0 amide bonds. The van der Waals surface area contributed by atoms with Crippen LogP contribution < -0.4 is 10.1 Å². The molecule has 2 aromatic carbocycles. The van der Waals surface area contributed by atoms with E-state index in [0.717, 1.165) is 26.6 Å². The third kappa shape index (κ3) is 2.27. The minimum atomic E-state index is 0.430. The van der Waals surface area contributed by atoms with E-state index in [2.05, 4.69) is 34.3 Å². The van der Waals surface area contributed by atoms with E-state index in [9.17, 15) is 0 Å². The fourth-order valence-electron chi connectivity index (χ4n) is 2.26. The van der Waals surface area contributed by atoms with Gasteiger partial charge in [0.05, 0.1) is 17.3 Å². The zero-order valence-electron chi connectivity index (χ0n) is 12.1. The lowest BCUT2D eigenvalue weighted by Gasteiger charge is -1.95. The third-order valence-corrected chi connectivity index (χ3v) is 4.29. The summed E-state index contributed by atoms with van der Waals surface area (Å²) >= 11 is 1.58. The van der Waals surface area contributed by atoms with Crippen molar-refractivity contribution in [2.45, 2.75) is 6.92 Å². The van der Waals surface area contributed by atoms with Gasteiger partial charge in [0.1, 0.15) is 11.3 Å². The first-order valence-electron chi connectivity index (χ1n) is 6.80. The van der Waals surface area contributed by atoms with E-state index in [4.69, 9.17) is 9.15 Å². The molecule has 22 heavy (non-hydrogen) atoms. The van der Waals surface area contributed by atoms with E-state index >= 15 is 0 Å². The molecule has 2 heterocycles. The molecular formula is C16H13N3O2S. The molecule has 5 nitrogen and oxygen atoms in total. The normalized spacial score (nSPS) is 11.2. The van der Waals surface area contributed by atoms with Crippen molar-refractivity contribution < 1.29 is 9.15 Å². The summed E-state index contributed by atoms with van der Waals surface area (Å²) in [5.74, 6) is 0.753. The Balaban J connectivity index is 1.69. The van der Waals surface area contributed by atoms with E-state index in [0.29, 0.717) is 11.6 Å². The van der Waals surface area contributed by atoms with Crippen LogP contribution in [0.25, 0.3) is 21.3 Å². The van der Waals surface area contributed by atoms with Crippen LogP contribution in [0.4, 0.5) is 11.1 Å². The summed E-state index contributed by atoms with van der Waals surface area (Å²) in [7, 11) is 1.63. The predicted molar refractivity (Wildman–Crippen MR) is 88.2 cm³/mol. The van der Waals surface area contributed by atoms with Crippen molar-refractivity contribution in [1.29, 1.82) is 0 Å². The van der Waals surface area contributed by atoms with Gasteiger partial charge in [0.2, 0.25) is 0 Å². The van der Waals surface area contributed by atoms with Gasteiger partial charge in [-0.3, -0.25) is 5.32 Å². The summed E-state index contributed by atoms with van der Waals surface area (Å²) < 4.78 is 12.0. The van der Waals surface area contributed by atoms with E-state index in [1.807, 2.05) is 24.3 Å². The fraction of sp³-hybridized carbons (Fsp3) is 0.125. The first kappa shape index (κ1) is 13.1. The number of aryl methyl sites for hydroxylation is 1. The van der Waals surface area contributed by atoms with Crippen molar-refractivity contribution in [2.75, 3.05) is 12.4 Å². The highest BCUT2D eigenvalue weighted by atomic mass is 32.1. The highest BCUT2D eigenvalue weighted by Crippen LogP contribution is 2.30. The molecule has 0 atom stereocenters. The summed E-state index contributed by atoms with van der Waals surface area (Å²) in [6.07, 6.45) is 0. The number of thiazole rings is 1. The smallest absolute Gasteiger partial charge is 0.302 e. The molecule has 4 aromatic rings. The van der Waals surface area contributed by atoms with Gasteiger partial charge < -0.3 is 9.15 Å². The molecule has 6 heteroatoms. The molecule has 1 N–H and O–H groups in total. The summed E-state index contributed by atoms with van der Waals surface area (Å²) in [6.45, 7) is 2.07. The number of hydrogen-bond acceptors (Lipinski definition) is 6. The molecule has 0 radical (unpaired) electrons. The first-order valence-corrected chi connectivity index (χ1v) is 7.62. The summed E-state index contributed by atoms with van der Waals surface area (Å²) in [4.78, 5) is 8.95. The van der Waals surface area contributed by atoms with Crippen LogP contribution in [0, 0.1) is 6.92 Å². The standard InChI is InChI=1S/C16H13N3O2S/c1-9-3-5-11-14(7-9)22-16(18-11)19-15-17-12-8-10(20-2)4-6-13(12)21-15/h3-8H,1-2H3,(H,17,18,19). The average Bonchev–Trinajstić information content (AvgIpc) is 3.08. The number of anilines is 2. The maximum Gasteiger partial charge on any atom is 0.302 e. The molecule has 0 fully saturated rings. The molecule has 0 aliphatic carbocycles. The molecule has 0 bridgehead atoms. The largest absolute Gasteiger partial charge is 0.497 e. The Morgan fingerprint density at radius 3 is 2.86 bits per heavy atom. The Bertz CT molecular complexity index is 974. The molecule has 0 saturated carbocycles. The number of ether oxygens (including phenoxy) is 1. The van der Waals surface area contributed by atoms with Crippen molar-refractivity contribution in [1.82, 2.24) is 9.97 Å². The van der Waals surface area contributed by atoms with Gasteiger partial charge in [-0.25, -0.2) is 4.98 Å². The third-order valence-electron chi connectivity index (χ3n) is 3.35. The number of aromatic nitrogens is 2. The summed E-state index contributed by atoms with van der Waals surface area (Å²) in [5, 5.41) is 3.89. The Hall–Kier alpha value is -2.60. The van der Waals surface area contributed by atoms with Gasteiger partial charge in [-0.2, -0.15) is 4.98 Å². The molecule has 0 spiro atoms. The van der Waals surface area contributed by atoms with Crippen LogP contribution >= 0.6 is 11.3 Å². The second kappa shape index (κ2) is 4.99. The monoisotopic (exact) mass is 311 g/mol. The zero-order chi connectivity index (χ0) is 15.1. The highest BCUT2D eigenvalue weighted by molar-refractivity contribution is 7.22. The fourth-order valence-corrected chi connectivity index (χ4v) is 3.22. The van der Waals surface area contributed by atoms with Crippen molar-refractivity contribution >= 4 is 43.8 Å². The Morgan fingerprint density at radius 2 is 2.00 bits per heavy atom. The van der Waals surface area contributed by atoms with Crippen LogP contribution in [0.3, 0.4) is 0 Å². The molecule has 4 rings (SSSR count). The van der Waals surface area contributed by atoms with Crippen LogP contribution in [0.5, 0.6) is 5.75 Å². The minimum Gasteiger partial charge on any atom is -0.497 e. The van der Waals surface area contributed by atoms with Crippen molar-refractivity contribution in [3.05, 3.63) is 42.0 Å². The molecule has 110 valence electrons. The van der Waals surface area contributed by atoms with E-state index in [1.165, 1.54) is 5.56 Å². The lowest BCUT2D eigenvalue weighted by atomic mass is 10.2. The van der Waals surface area contributed by atoms with Crippen molar-refractivity contribution in [3.8, 4) is 5.75 Å². The lowest BCUT2D eigenvalue weighted by molar-refractivity contribution is 0.415. The minimum absolute atomic E-state index is 0.430. The number of nitrogens with one attached hydrogen (secondary N) is 1. The van der Waals surface area contributed by atoms with Crippen LogP contribution in [-0.4, -0.2) is 17.1 Å². The summed E-state index contributed by atoms with van der Waals surface area (Å²) in [6, 6.07) is 12.1. The Labute approximate surface area is 130 Å². The average molecular weight is 311 g/mol. The van der Waals surface area contributed by atoms with Gasteiger partial charge in [0.15, 0.2) is 10.7 Å². The van der Waals surface area contributed by atoms with E-state index in [1.54, 1.807) is 18.4 Å². The van der Waals surface area contributed by atoms with Crippen molar-refractivity contribution in [3.63, 3.8) is 0 Å². The van der Waals surface area contributed by atoms with E-state index in [-0.39, 0.29) is 0 Å². The maximum atomic E-state index is 5.68. The number of oxazole rings is 1. The number of fused-ring (bicyclic) bond motifs is 2. The number of hydrogen-bond donors (Lipinski definition) is 1. The number of nitrogens with zero attached hydrogens (tertiary/aromatic N) is 2.